The smallest absolute Gasteiger partial charge is 0.261 e. The number of rotatable bonds is 2. The zero-order valence-electron chi connectivity index (χ0n) is 14.9. The van der Waals surface area contributed by atoms with Gasteiger partial charge in [0, 0.05) is 36.3 Å². The molecule has 1 aliphatic carbocycles. The molecule has 0 saturated carbocycles. The largest absolute Gasteiger partial charge is 0.307 e. The molecule has 1 atom stereocenters. The minimum absolute atomic E-state index is 0.0788. The summed E-state index contributed by atoms with van der Waals surface area (Å²) in [6.07, 6.45) is 4.67. The van der Waals surface area contributed by atoms with Crippen LogP contribution >= 0.6 is 0 Å². The first kappa shape index (κ1) is 15.9. The molecule has 134 valence electrons. The third-order valence-electron chi connectivity index (χ3n) is 5.56. The zero-order chi connectivity index (χ0) is 18.5. The third-order valence-corrected chi connectivity index (χ3v) is 5.56. The van der Waals surface area contributed by atoms with Crippen LogP contribution in [-0.4, -0.2) is 33.0 Å². The standard InChI is InChI=1S/C21H18N4O2/c1-13-16(11-23-25(13)19-7-2-3-10-22-19)21(27)24-12-14-8-9-18(26)15-5-4-6-17(24)20(14)15/h2-7,10-11,14H,8-9,12H2,1H3/t14-/m1/s1. The van der Waals surface area contributed by atoms with Crippen LogP contribution in [0.4, 0.5) is 5.69 Å². The Kier molecular flexibility index (Phi) is 3.47. The molecule has 0 spiro atoms. The summed E-state index contributed by atoms with van der Waals surface area (Å²) in [7, 11) is 0. The number of nitrogens with zero attached hydrogens (tertiary/aromatic N) is 4. The Morgan fingerprint density at radius 1 is 1.19 bits per heavy atom. The van der Waals surface area contributed by atoms with Crippen LogP contribution in [0.2, 0.25) is 0 Å². The fourth-order valence-electron chi connectivity index (χ4n) is 4.21. The highest BCUT2D eigenvalue weighted by Gasteiger charge is 2.39. The molecule has 0 saturated heterocycles. The molecule has 27 heavy (non-hydrogen) atoms. The van der Waals surface area contributed by atoms with Crippen LogP contribution < -0.4 is 4.90 Å². The van der Waals surface area contributed by atoms with Gasteiger partial charge in [0.1, 0.15) is 0 Å². The fraction of sp³-hybridized carbons (Fsp3) is 0.238. The molecule has 3 aromatic rings. The van der Waals surface area contributed by atoms with E-state index in [0.717, 1.165) is 28.9 Å². The van der Waals surface area contributed by atoms with Gasteiger partial charge in [-0.05, 0) is 37.1 Å². The van der Waals surface area contributed by atoms with E-state index < -0.39 is 0 Å². The first-order chi connectivity index (χ1) is 13.1. The van der Waals surface area contributed by atoms with E-state index in [1.807, 2.05) is 43.3 Å². The molecule has 1 amide bonds. The van der Waals surface area contributed by atoms with Crippen molar-refractivity contribution in [3.8, 4) is 5.82 Å². The van der Waals surface area contributed by atoms with E-state index in [-0.39, 0.29) is 17.6 Å². The van der Waals surface area contributed by atoms with Crippen LogP contribution in [0.25, 0.3) is 5.82 Å². The van der Waals surface area contributed by atoms with Gasteiger partial charge in [0.05, 0.1) is 17.5 Å². The molecule has 1 aliphatic heterocycles. The van der Waals surface area contributed by atoms with Crippen molar-refractivity contribution >= 4 is 17.4 Å². The Bertz CT molecular complexity index is 1070. The highest BCUT2D eigenvalue weighted by molar-refractivity contribution is 6.10. The van der Waals surface area contributed by atoms with Crippen molar-refractivity contribution in [1.29, 1.82) is 0 Å². The average Bonchev–Trinajstić information content (AvgIpc) is 3.27. The van der Waals surface area contributed by atoms with Crippen LogP contribution in [-0.2, 0) is 0 Å². The molecule has 0 N–H and O–H groups in total. The van der Waals surface area contributed by atoms with E-state index >= 15 is 0 Å². The Morgan fingerprint density at radius 2 is 2.07 bits per heavy atom. The number of hydrogen-bond donors (Lipinski definition) is 0. The maximum Gasteiger partial charge on any atom is 0.261 e. The van der Waals surface area contributed by atoms with Gasteiger partial charge in [-0.25, -0.2) is 9.67 Å². The normalized spacial score (nSPS) is 17.9. The summed E-state index contributed by atoms with van der Waals surface area (Å²) in [6, 6.07) is 11.3. The number of amides is 1. The molecule has 0 unspecified atom stereocenters. The van der Waals surface area contributed by atoms with E-state index in [1.54, 1.807) is 22.0 Å². The molecule has 5 rings (SSSR count). The zero-order valence-corrected chi connectivity index (χ0v) is 14.9. The average molecular weight is 358 g/mol. The highest BCUT2D eigenvalue weighted by Crippen LogP contribution is 2.44. The van der Waals surface area contributed by atoms with E-state index in [9.17, 15) is 9.59 Å². The van der Waals surface area contributed by atoms with Gasteiger partial charge in [-0.2, -0.15) is 5.10 Å². The summed E-state index contributed by atoms with van der Waals surface area (Å²) in [4.78, 5) is 31.7. The number of ketones is 1. The lowest BCUT2D eigenvalue weighted by Crippen LogP contribution is -2.30. The lowest BCUT2D eigenvalue weighted by molar-refractivity contribution is 0.0968. The van der Waals surface area contributed by atoms with Crippen molar-refractivity contribution in [2.45, 2.75) is 25.7 Å². The number of carbonyl (C=O) groups is 2. The monoisotopic (exact) mass is 358 g/mol. The predicted molar refractivity (Wildman–Crippen MR) is 101 cm³/mol. The lowest BCUT2D eigenvalue weighted by atomic mass is 9.83. The van der Waals surface area contributed by atoms with Gasteiger partial charge in [0.25, 0.3) is 5.91 Å². The number of carbonyl (C=O) groups excluding carboxylic acids is 2. The van der Waals surface area contributed by atoms with Gasteiger partial charge in [-0.3, -0.25) is 9.59 Å². The van der Waals surface area contributed by atoms with Gasteiger partial charge < -0.3 is 4.90 Å². The van der Waals surface area contributed by atoms with Gasteiger partial charge in [-0.15, -0.1) is 0 Å². The highest BCUT2D eigenvalue weighted by atomic mass is 16.2. The first-order valence-electron chi connectivity index (χ1n) is 9.09. The van der Waals surface area contributed by atoms with Gasteiger partial charge in [-0.1, -0.05) is 18.2 Å². The second-order valence-corrected chi connectivity index (χ2v) is 7.06. The quantitative estimate of drug-likeness (QED) is 0.705. The third kappa shape index (κ3) is 2.33. The molecule has 0 fully saturated rings. The van der Waals surface area contributed by atoms with E-state index in [2.05, 4.69) is 10.1 Å². The molecule has 6 nitrogen and oxygen atoms in total. The summed E-state index contributed by atoms with van der Waals surface area (Å²) >= 11 is 0. The van der Waals surface area contributed by atoms with Gasteiger partial charge in [0.2, 0.25) is 0 Å². The second-order valence-electron chi connectivity index (χ2n) is 7.06. The lowest BCUT2D eigenvalue weighted by Gasteiger charge is -2.18. The van der Waals surface area contributed by atoms with Crippen molar-refractivity contribution in [2.24, 2.45) is 0 Å². The van der Waals surface area contributed by atoms with Crippen molar-refractivity contribution in [3.05, 3.63) is 71.2 Å². The molecule has 2 aliphatic rings. The molecule has 0 bridgehead atoms. The summed E-state index contributed by atoms with van der Waals surface area (Å²) in [6.45, 7) is 2.49. The van der Waals surface area contributed by atoms with Crippen LogP contribution in [0, 0.1) is 6.92 Å². The summed E-state index contributed by atoms with van der Waals surface area (Å²) < 4.78 is 1.68. The number of Topliss-reactive ketones (excluding diaryl/α,β-unsaturated/α-hetero) is 1. The Labute approximate surface area is 156 Å². The number of benzene rings is 1. The number of pyridine rings is 1. The molecular weight excluding hydrogens is 340 g/mol. The molecule has 3 heterocycles. The first-order valence-corrected chi connectivity index (χ1v) is 9.09. The maximum absolute atomic E-state index is 13.3. The van der Waals surface area contributed by atoms with Gasteiger partial charge >= 0.3 is 0 Å². The van der Waals surface area contributed by atoms with Crippen LogP contribution in [0.3, 0.4) is 0 Å². The predicted octanol–water partition coefficient (Wildman–Crippen LogP) is 3.30. The van der Waals surface area contributed by atoms with Crippen LogP contribution in [0.15, 0.2) is 48.8 Å². The molecule has 1 aromatic carbocycles. The van der Waals surface area contributed by atoms with Crippen molar-refractivity contribution in [1.82, 2.24) is 14.8 Å². The minimum atomic E-state index is -0.0788. The molecule has 2 aromatic heterocycles. The Balaban J connectivity index is 1.54. The SMILES string of the molecule is Cc1c(C(=O)N2C[C@H]3CCC(=O)c4cccc2c43)cnn1-c1ccccn1. The molecular formula is C21H18N4O2. The number of aromatic nitrogens is 3. The second kappa shape index (κ2) is 5.87. The Morgan fingerprint density at radius 3 is 2.89 bits per heavy atom. The van der Waals surface area contributed by atoms with Crippen LogP contribution in [0.5, 0.6) is 0 Å². The molecule has 0 radical (unpaired) electrons. The topological polar surface area (TPSA) is 68.1 Å². The van der Waals surface area contributed by atoms with E-state index in [1.165, 1.54) is 0 Å². The van der Waals surface area contributed by atoms with Crippen molar-refractivity contribution < 1.29 is 9.59 Å². The Hall–Kier alpha value is -3.28. The minimum Gasteiger partial charge on any atom is -0.307 e. The summed E-state index contributed by atoms with van der Waals surface area (Å²) in [5.74, 6) is 1.02. The number of anilines is 1. The van der Waals surface area contributed by atoms with Crippen molar-refractivity contribution in [3.63, 3.8) is 0 Å². The van der Waals surface area contributed by atoms with E-state index in [0.29, 0.717) is 24.3 Å². The molecule has 6 heteroatoms. The summed E-state index contributed by atoms with van der Waals surface area (Å²) in [5.41, 5.74) is 3.99. The van der Waals surface area contributed by atoms with Crippen molar-refractivity contribution in [2.75, 3.05) is 11.4 Å². The van der Waals surface area contributed by atoms with Gasteiger partial charge in [0.15, 0.2) is 11.6 Å². The van der Waals surface area contributed by atoms with E-state index in [4.69, 9.17) is 0 Å². The summed E-state index contributed by atoms with van der Waals surface area (Å²) in [5, 5.41) is 4.37. The fourth-order valence-corrected chi connectivity index (χ4v) is 4.21. The maximum atomic E-state index is 13.3. The van der Waals surface area contributed by atoms with Crippen LogP contribution in [0.1, 0.15) is 50.7 Å². The number of hydrogen-bond acceptors (Lipinski definition) is 4.